The topological polar surface area (TPSA) is 67.3 Å². The number of benzene rings is 11. The summed E-state index contributed by atoms with van der Waals surface area (Å²) in [6.45, 7) is 0. The Kier molecular flexibility index (Phi) is 9.84. The summed E-state index contributed by atoms with van der Waals surface area (Å²) in [4.78, 5) is 0. The van der Waals surface area contributed by atoms with E-state index in [1.807, 2.05) is 114 Å². The van der Waals surface area contributed by atoms with E-state index in [2.05, 4.69) is 59.2 Å². The average Bonchev–Trinajstić information content (AvgIpc) is 2.16. The summed E-state index contributed by atoms with van der Waals surface area (Å²) in [7, 11) is 0. The molecule has 6 nitrogen and oxygen atoms in total. The molecular weight excluding hydrogens is 1100 g/mol. The van der Waals surface area contributed by atoms with Crippen LogP contribution in [0.5, 0.6) is 0 Å². The van der Waals surface area contributed by atoms with E-state index in [9.17, 15) is 10.5 Å². The molecule has 0 fully saturated rings. The Morgan fingerprint density at radius 3 is 1.01 bits per heavy atom. The number of rotatable bonds is 4. The lowest BCUT2D eigenvalue weighted by molar-refractivity contribution is -0.138. The van der Waals surface area contributed by atoms with Crippen LogP contribution in [0.4, 0.5) is 26.3 Å². The fourth-order valence-corrected chi connectivity index (χ4v) is 16.0. The summed E-state index contributed by atoms with van der Waals surface area (Å²) in [5.41, 5.74) is 2.19. The van der Waals surface area contributed by atoms with E-state index >= 15 is 26.3 Å². The summed E-state index contributed by atoms with van der Waals surface area (Å²) < 4.78 is 104. The minimum atomic E-state index is -4.81. The van der Waals surface area contributed by atoms with E-state index < -0.39 is 23.5 Å². The smallest absolute Gasteiger partial charge is 0.306 e. The van der Waals surface area contributed by atoms with Gasteiger partial charge in [0.2, 0.25) is 0 Å². The molecule has 0 unspecified atom stereocenters. The number of hydrogen-bond donors (Lipinski definition) is 0. The second-order valence-electron chi connectivity index (χ2n) is 21.1. The normalized spacial score (nSPS) is 12.6. The first-order chi connectivity index (χ1) is 40.9. The lowest BCUT2D eigenvalue weighted by atomic mass is 9.98. The second-order valence-corrected chi connectivity index (χ2v) is 23.2. The van der Waals surface area contributed by atoms with E-state index in [0.29, 0.717) is 54.6 Å². The molecule has 0 N–H and O–H groups in total. The predicted octanol–water partition coefficient (Wildman–Crippen LogP) is 20.6. The van der Waals surface area contributed by atoms with Gasteiger partial charge in [-0.3, -0.25) is 0 Å². The zero-order valence-corrected chi connectivity index (χ0v) is 45.0. The highest BCUT2D eigenvalue weighted by atomic mass is 32.1. The average molecular weight is 1140 g/mol. The van der Waals surface area contributed by atoms with E-state index in [1.165, 1.54) is 12.1 Å². The van der Waals surface area contributed by atoms with E-state index in [-0.39, 0.29) is 44.9 Å². The lowest BCUT2D eigenvalue weighted by Gasteiger charge is -2.28. The number of fused-ring (bicyclic) bond motifs is 20. The number of alkyl halides is 6. The molecule has 0 aliphatic heterocycles. The number of thiophene rings is 2. The van der Waals surface area contributed by atoms with E-state index in [4.69, 9.17) is 0 Å². The fourth-order valence-electron chi connectivity index (χ4n) is 13.5. The van der Waals surface area contributed by atoms with Gasteiger partial charge < -0.3 is 18.3 Å². The van der Waals surface area contributed by atoms with Crippen LogP contribution in [0, 0.1) is 22.7 Å². The molecule has 17 rings (SSSR count). The number of nitrogens with zero attached hydrogens (tertiary/aromatic N) is 6. The zero-order valence-electron chi connectivity index (χ0n) is 43.4. The van der Waals surface area contributed by atoms with Gasteiger partial charge in [0.25, 0.3) is 0 Å². The van der Waals surface area contributed by atoms with Crippen LogP contribution in [-0.2, 0) is 12.4 Å². The van der Waals surface area contributed by atoms with Crippen molar-refractivity contribution in [2.24, 2.45) is 0 Å². The maximum atomic E-state index is 15.6. The molecule has 0 radical (unpaired) electrons. The van der Waals surface area contributed by atoms with Crippen molar-refractivity contribution in [1.82, 2.24) is 18.3 Å². The molecule has 0 saturated heterocycles. The van der Waals surface area contributed by atoms with Gasteiger partial charge in [0.1, 0.15) is 12.1 Å². The van der Waals surface area contributed by atoms with Crippen molar-refractivity contribution in [2.45, 2.75) is 12.4 Å². The molecule has 17 aromatic rings. The van der Waals surface area contributed by atoms with E-state index in [0.717, 1.165) is 86.2 Å². The van der Waals surface area contributed by atoms with Crippen molar-refractivity contribution in [1.29, 1.82) is 10.5 Å². The maximum absolute atomic E-state index is 15.6. The number of nitriles is 2. The first kappa shape index (κ1) is 48.3. The summed E-state index contributed by atoms with van der Waals surface area (Å²) in [6.07, 6.45) is -9.62. The van der Waals surface area contributed by atoms with Crippen LogP contribution in [0.25, 0.3) is 150 Å². The first-order valence-corrected chi connectivity index (χ1v) is 28.5. The quantitative estimate of drug-likeness (QED) is 0.165. The molecule has 0 amide bonds. The van der Waals surface area contributed by atoms with Gasteiger partial charge in [-0.2, -0.15) is 36.9 Å². The first-order valence-electron chi connectivity index (χ1n) is 26.8. The fraction of sp³-hybridized carbons (Fsp3) is 0.0286. The zero-order chi connectivity index (χ0) is 56.7. The van der Waals surface area contributed by atoms with Gasteiger partial charge in [-0.15, -0.1) is 22.7 Å². The molecule has 398 valence electrons. The monoisotopic (exact) mass is 1140 g/mol. The molecule has 0 saturated carbocycles. The third kappa shape index (κ3) is 6.43. The molecule has 14 heteroatoms. The van der Waals surface area contributed by atoms with Crippen molar-refractivity contribution in [3.63, 3.8) is 0 Å². The second kappa shape index (κ2) is 17.1. The highest BCUT2D eigenvalue weighted by molar-refractivity contribution is 7.27. The van der Waals surface area contributed by atoms with Crippen LogP contribution < -0.4 is 0 Å². The molecular formula is C70H34F6N6S2. The van der Waals surface area contributed by atoms with Crippen molar-refractivity contribution in [3.8, 4) is 34.9 Å². The van der Waals surface area contributed by atoms with Crippen LogP contribution >= 0.6 is 22.7 Å². The van der Waals surface area contributed by atoms with Gasteiger partial charge in [-0.1, -0.05) is 146 Å². The predicted molar refractivity (Wildman–Crippen MR) is 329 cm³/mol. The Bertz CT molecular complexity index is 5890. The highest BCUT2D eigenvalue weighted by Gasteiger charge is 2.38. The van der Waals surface area contributed by atoms with Crippen molar-refractivity contribution >= 4 is 150 Å². The molecule has 6 heterocycles. The summed E-state index contributed by atoms with van der Waals surface area (Å²) in [5.74, 6) is 0. The van der Waals surface area contributed by atoms with Gasteiger partial charge in [0, 0.05) is 74.0 Å². The standard InChI is InChI=1S/C70H34F6N6S2/c71-69(72,73)37-25-27-43-39-13-1-7-19-53(39)79(57(43)33-37)61-51(35-77)52(36-78)62(81-55-21-9-3-15-41(55)47-29-31-49-45-17-5-11-23-59(45)83-67(49)63(47)81)65(80-54-20-8-2-14-40(54)44-28-26-38(34-58(44)80)70(74,75)76)66(61)82-56-22-10-4-16-42(56)48-30-32-50-46-18-6-12-24-60(46)84-68(50)64(48)82/h1-34H. The Morgan fingerprint density at radius 1 is 0.298 bits per heavy atom. The van der Waals surface area contributed by atoms with Crippen molar-refractivity contribution in [3.05, 3.63) is 229 Å². The molecule has 11 aromatic carbocycles. The molecule has 84 heavy (non-hydrogen) atoms. The molecule has 0 atom stereocenters. The summed E-state index contributed by atoms with van der Waals surface area (Å²) >= 11 is 3.13. The van der Waals surface area contributed by atoms with Gasteiger partial charge >= 0.3 is 12.4 Å². The Balaban J connectivity index is 1.24. The Morgan fingerprint density at radius 2 is 0.595 bits per heavy atom. The summed E-state index contributed by atoms with van der Waals surface area (Å²) in [5, 5.41) is 34.0. The van der Waals surface area contributed by atoms with Crippen LogP contribution in [0.1, 0.15) is 22.3 Å². The largest absolute Gasteiger partial charge is 0.416 e. The van der Waals surface area contributed by atoms with Gasteiger partial charge in [-0.25, -0.2) is 0 Å². The van der Waals surface area contributed by atoms with Crippen LogP contribution in [0.3, 0.4) is 0 Å². The minimum Gasteiger partial charge on any atom is -0.306 e. The molecule has 0 aliphatic rings. The van der Waals surface area contributed by atoms with Crippen molar-refractivity contribution < 1.29 is 26.3 Å². The van der Waals surface area contributed by atoms with Gasteiger partial charge in [0.15, 0.2) is 0 Å². The third-order valence-corrected chi connectivity index (χ3v) is 19.3. The Hall–Kier alpha value is -10.4. The van der Waals surface area contributed by atoms with Crippen LogP contribution in [0.15, 0.2) is 206 Å². The molecule has 0 spiro atoms. The molecule has 6 aromatic heterocycles. The van der Waals surface area contributed by atoms with E-state index in [1.54, 1.807) is 50.0 Å². The SMILES string of the molecule is N#Cc1c(C#N)c(-n2c3ccccc3c3ccc4c5ccccc5sc4c32)c(-n2c3ccccc3c3ccc(C(F)(F)F)cc32)c(-n2c3ccccc3c3ccc4c5ccccc5sc4c32)c1-n1c2ccccc2c2ccc(C(F)(F)F)cc21. The molecule has 0 aliphatic carbocycles. The van der Waals surface area contributed by atoms with Gasteiger partial charge in [0.05, 0.1) is 98.5 Å². The van der Waals surface area contributed by atoms with Gasteiger partial charge in [-0.05, 0) is 60.7 Å². The number of aromatic nitrogens is 4. The minimum absolute atomic E-state index is 0.0461. The number of halogens is 6. The summed E-state index contributed by atoms with van der Waals surface area (Å²) in [6, 6.07) is 66.7. The van der Waals surface area contributed by atoms with Crippen LogP contribution in [0.2, 0.25) is 0 Å². The lowest BCUT2D eigenvalue weighted by Crippen LogP contribution is -2.17. The highest BCUT2D eigenvalue weighted by Crippen LogP contribution is 2.53. The maximum Gasteiger partial charge on any atom is 0.416 e. The molecule has 0 bridgehead atoms. The van der Waals surface area contributed by atoms with Crippen molar-refractivity contribution in [2.75, 3.05) is 0 Å². The number of hydrogen-bond acceptors (Lipinski definition) is 4. The Labute approximate surface area is 478 Å². The van der Waals surface area contributed by atoms with Crippen LogP contribution in [-0.4, -0.2) is 18.3 Å². The number of para-hydroxylation sites is 4. The third-order valence-electron chi connectivity index (χ3n) is 16.9.